The lowest BCUT2D eigenvalue weighted by Crippen LogP contribution is -2.39. The summed E-state index contributed by atoms with van der Waals surface area (Å²) in [6.07, 6.45) is 3.75. The molecule has 2 aromatic rings. The minimum atomic E-state index is -3.68. The zero-order chi connectivity index (χ0) is 24.1. The van der Waals surface area contributed by atoms with Gasteiger partial charge in [0.25, 0.3) is 0 Å². The van der Waals surface area contributed by atoms with Crippen molar-refractivity contribution in [3.63, 3.8) is 0 Å². The second-order valence-electron chi connectivity index (χ2n) is 8.04. The molecule has 0 bridgehead atoms. The molecule has 8 nitrogen and oxygen atoms in total. The average Bonchev–Trinajstić information content (AvgIpc) is 2.79. The van der Waals surface area contributed by atoms with Gasteiger partial charge in [0.2, 0.25) is 26.0 Å². The molecule has 0 unspecified atom stereocenters. The summed E-state index contributed by atoms with van der Waals surface area (Å²) in [5.41, 5.74) is 1.24. The fraction of sp³-hybridized carbons (Fsp3) is 0.409. The van der Waals surface area contributed by atoms with Gasteiger partial charge in [0.15, 0.2) is 0 Å². The highest BCUT2D eigenvalue weighted by Crippen LogP contribution is 2.21. The first-order valence-electron chi connectivity index (χ1n) is 10.6. The van der Waals surface area contributed by atoms with Gasteiger partial charge in [0.05, 0.1) is 17.7 Å². The van der Waals surface area contributed by atoms with Gasteiger partial charge in [0, 0.05) is 26.2 Å². The van der Waals surface area contributed by atoms with E-state index in [9.17, 15) is 26.0 Å². The molecule has 0 atom stereocenters. The van der Waals surface area contributed by atoms with E-state index in [1.54, 1.807) is 12.1 Å². The molecule has 33 heavy (non-hydrogen) atoms. The first-order valence-corrected chi connectivity index (χ1v) is 13.9. The fourth-order valence-corrected chi connectivity index (χ4v) is 5.79. The van der Waals surface area contributed by atoms with Crippen LogP contribution in [0.2, 0.25) is 0 Å². The summed E-state index contributed by atoms with van der Waals surface area (Å²) in [6.45, 7) is 0.716. The Balaban J connectivity index is 1.58. The van der Waals surface area contributed by atoms with Gasteiger partial charge in [0.1, 0.15) is 5.82 Å². The van der Waals surface area contributed by atoms with Crippen molar-refractivity contribution in [2.45, 2.75) is 37.2 Å². The summed E-state index contributed by atoms with van der Waals surface area (Å²) in [7, 11) is -7.20. The minimum absolute atomic E-state index is 0.0599. The zero-order valence-corrected chi connectivity index (χ0v) is 20.0. The highest BCUT2D eigenvalue weighted by Gasteiger charge is 2.25. The van der Waals surface area contributed by atoms with Gasteiger partial charge in [-0.1, -0.05) is 30.7 Å². The molecule has 0 aliphatic carbocycles. The number of nitrogens with zero attached hydrogens (tertiary/aromatic N) is 2. The molecular formula is C22H28FN3O5S2. The van der Waals surface area contributed by atoms with E-state index in [-0.39, 0.29) is 18.0 Å². The molecule has 1 aliphatic heterocycles. The summed E-state index contributed by atoms with van der Waals surface area (Å²) in [5, 5.41) is 2.65. The van der Waals surface area contributed by atoms with Crippen LogP contribution in [-0.2, 0) is 37.9 Å². The molecule has 0 aromatic heterocycles. The first kappa shape index (κ1) is 25.3. The molecule has 11 heteroatoms. The second-order valence-corrected chi connectivity index (χ2v) is 12.0. The van der Waals surface area contributed by atoms with Crippen molar-refractivity contribution in [1.29, 1.82) is 0 Å². The summed E-state index contributed by atoms with van der Waals surface area (Å²) in [6, 6.07) is 11.7. The molecule has 1 heterocycles. The quantitative estimate of drug-likeness (QED) is 0.571. The molecule has 1 amide bonds. The summed E-state index contributed by atoms with van der Waals surface area (Å²) >= 11 is 0. The Morgan fingerprint density at radius 2 is 1.52 bits per heavy atom. The molecule has 1 saturated heterocycles. The highest BCUT2D eigenvalue weighted by molar-refractivity contribution is 7.89. The van der Waals surface area contributed by atoms with E-state index in [0.717, 1.165) is 29.8 Å². The lowest BCUT2D eigenvalue weighted by Gasteiger charge is -2.25. The number of nitrogens with one attached hydrogen (secondary N) is 1. The van der Waals surface area contributed by atoms with Crippen LogP contribution in [0.5, 0.6) is 0 Å². The van der Waals surface area contributed by atoms with Gasteiger partial charge in [-0.15, -0.1) is 0 Å². The van der Waals surface area contributed by atoms with Crippen LogP contribution in [0.15, 0.2) is 53.4 Å². The third-order valence-electron chi connectivity index (χ3n) is 5.43. The third-order valence-corrected chi connectivity index (χ3v) is 8.54. The Morgan fingerprint density at radius 3 is 2.09 bits per heavy atom. The van der Waals surface area contributed by atoms with Crippen LogP contribution in [0.1, 0.15) is 30.4 Å². The predicted molar refractivity (Wildman–Crippen MR) is 123 cm³/mol. The number of carbonyl (C=O) groups is 1. The number of piperidine rings is 1. The van der Waals surface area contributed by atoms with E-state index < -0.39 is 38.3 Å². The number of carbonyl (C=O) groups excluding carboxylic acids is 1. The molecule has 3 rings (SSSR count). The molecule has 0 radical (unpaired) electrons. The molecule has 0 saturated carbocycles. The van der Waals surface area contributed by atoms with E-state index in [1.807, 2.05) is 0 Å². The van der Waals surface area contributed by atoms with Crippen molar-refractivity contribution in [2.24, 2.45) is 0 Å². The third kappa shape index (κ3) is 7.07. The maximum atomic E-state index is 13.1. The number of halogens is 1. The molecule has 1 aliphatic rings. The topological polar surface area (TPSA) is 104 Å². The normalized spacial score (nSPS) is 15.5. The predicted octanol–water partition coefficient (Wildman–Crippen LogP) is 2.08. The Bertz CT molecular complexity index is 1160. The van der Waals surface area contributed by atoms with Crippen LogP contribution in [0.3, 0.4) is 0 Å². The summed E-state index contributed by atoms with van der Waals surface area (Å²) < 4.78 is 65.2. The molecule has 2 aromatic carbocycles. The fourth-order valence-electron chi connectivity index (χ4n) is 3.53. The van der Waals surface area contributed by atoms with E-state index in [1.165, 1.54) is 40.7 Å². The number of hydrogen-bond donors (Lipinski definition) is 1. The maximum Gasteiger partial charge on any atom is 0.243 e. The van der Waals surface area contributed by atoms with Crippen LogP contribution in [-0.4, -0.2) is 57.2 Å². The molecule has 1 N–H and O–H groups in total. The van der Waals surface area contributed by atoms with Crippen molar-refractivity contribution < 1.29 is 26.0 Å². The van der Waals surface area contributed by atoms with Gasteiger partial charge in [-0.3, -0.25) is 4.79 Å². The van der Waals surface area contributed by atoms with Gasteiger partial charge in [-0.2, -0.15) is 8.61 Å². The maximum absolute atomic E-state index is 13.1. The number of amides is 1. The molecule has 1 fully saturated rings. The largest absolute Gasteiger partial charge is 0.351 e. The van der Waals surface area contributed by atoms with Gasteiger partial charge < -0.3 is 5.32 Å². The first-order chi connectivity index (χ1) is 15.6. The van der Waals surface area contributed by atoms with Gasteiger partial charge >= 0.3 is 0 Å². The van der Waals surface area contributed by atoms with Crippen LogP contribution >= 0.6 is 0 Å². The number of benzene rings is 2. The van der Waals surface area contributed by atoms with Crippen molar-refractivity contribution in [3.05, 3.63) is 65.5 Å². The van der Waals surface area contributed by atoms with Crippen LogP contribution in [0.25, 0.3) is 0 Å². The summed E-state index contributed by atoms with van der Waals surface area (Å²) in [5.74, 6) is -0.940. The van der Waals surface area contributed by atoms with Crippen LogP contribution < -0.4 is 5.32 Å². The van der Waals surface area contributed by atoms with E-state index in [4.69, 9.17) is 0 Å². The Kier molecular flexibility index (Phi) is 8.22. The number of rotatable bonds is 9. The standard InChI is InChI=1S/C22H28FN3O5S2/c1-32(28,29)26(16-19-5-9-20(23)10-6-19)17-22(27)24-15-18-7-11-21(12-8-18)33(30,31)25-13-3-2-4-14-25/h5-12H,2-4,13-17H2,1H3,(H,24,27). The Morgan fingerprint density at radius 1 is 0.939 bits per heavy atom. The van der Waals surface area contributed by atoms with E-state index in [0.29, 0.717) is 24.2 Å². The number of hydrogen-bond acceptors (Lipinski definition) is 5. The second kappa shape index (κ2) is 10.7. The lowest BCUT2D eigenvalue weighted by atomic mass is 10.2. The van der Waals surface area contributed by atoms with Crippen LogP contribution in [0.4, 0.5) is 4.39 Å². The van der Waals surface area contributed by atoms with E-state index >= 15 is 0 Å². The van der Waals surface area contributed by atoms with Gasteiger partial charge in [-0.25, -0.2) is 21.2 Å². The number of sulfonamides is 2. The average molecular weight is 498 g/mol. The van der Waals surface area contributed by atoms with Crippen LogP contribution in [0, 0.1) is 5.82 Å². The van der Waals surface area contributed by atoms with Crippen molar-refractivity contribution in [3.8, 4) is 0 Å². The minimum Gasteiger partial charge on any atom is -0.351 e. The monoisotopic (exact) mass is 497 g/mol. The summed E-state index contributed by atoms with van der Waals surface area (Å²) in [4.78, 5) is 12.6. The Hall–Kier alpha value is -2.34. The Labute approximate surface area is 194 Å². The van der Waals surface area contributed by atoms with Crippen molar-refractivity contribution in [2.75, 3.05) is 25.9 Å². The zero-order valence-electron chi connectivity index (χ0n) is 18.4. The SMILES string of the molecule is CS(=O)(=O)N(CC(=O)NCc1ccc(S(=O)(=O)N2CCCCC2)cc1)Cc1ccc(F)cc1. The molecular weight excluding hydrogens is 469 g/mol. The smallest absolute Gasteiger partial charge is 0.243 e. The van der Waals surface area contributed by atoms with Crippen molar-refractivity contribution >= 4 is 26.0 Å². The molecule has 180 valence electrons. The highest BCUT2D eigenvalue weighted by atomic mass is 32.2. The van der Waals surface area contributed by atoms with Crippen molar-refractivity contribution in [1.82, 2.24) is 13.9 Å². The lowest BCUT2D eigenvalue weighted by molar-refractivity contribution is -0.121. The van der Waals surface area contributed by atoms with Gasteiger partial charge in [-0.05, 0) is 48.2 Å². The molecule has 0 spiro atoms. The van der Waals surface area contributed by atoms with E-state index in [2.05, 4.69) is 5.32 Å².